The zero-order chi connectivity index (χ0) is 14.8. The summed E-state index contributed by atoms with van der Waals surface area (Å²) in [4.78, 5) is 8.37. The highest BCUT2D eigenvalue weighted by Crippen LogP contribution is 2.35. The van der Waals surface area contributed by atoms with Crippen molar-refractivity contribution in [3.8, 4) is 0 Å². The van der Waals surface area contributed by atoms with Gasteiger partial charge in [0.25, 0.3) is 0 Å². The standard InChI is InChI=1S/C12H12F3N3S2/c1-3-16-9-4-8(12(13,14)15)5-10(18-9)20-11-17-7(2)6-19-11/h4-6H,3H2,1-2H3,(H,16,18). The maximum absolute atomic E-state index is 12.9. The molecule has 2 heterocycles. The highest BCUT2D eigenvalue weighted by atomic mass is 32.2. The Kier molecular flexibility index (Phi) is 4.54. The van der Waals surface area contributed by atoms with E-state index in [-0.39, 0.29) is 10.8 Å². The normalized spacial score (nSPS) is 11.7. The van der Waals surface area contributed by atoms with Crippen LogP contribution in [-0.4, -0.2) is 16.5 Å². The van der Waals surface area contributed by atoms with Crippen molar-refractivity contribution in [3.05, 3.63) is 28.8 Å². The molecule has 0 spiro atoms. The zero-order valence-electron chi connectivity index (χ0n) is 10.8. The van der Waals surface area contributed by atoms with Gasteiger partial charge in [0.2, 0.25) is 0 Å². The lowest BCUT2D eigenvalue weighted by molar-refractivity contribution is -0.137. The summed E-state index contributed by atoms with van der Waals surface area (Å²) in [7, 11) is 0. The first-order chi connectivity index (χ1) is 9.38. The van der Waals surface area contributed by atoms with Crippen molar-refractivity contribution in [2.45, 2.75) is 29.4 Å². The summed E-state index contributed by atoms with van der Waals surface area (Å²) in [6.45, 7) is 4.15. The van der Waals surface area contributed by atoms with Crippen LogP contribution in [0, 0.1) is 6.92 Å². The molecule has 0 saturated carbocycles. The third-order valence-electron chi connectivity index (χ3n) is 2.28. The first-order valence-electron chi connectivity index (χ1n) is 5.81. The molecule has 3 nitrogen and oxygen atoms in total. The van der Waals surface area contributed by atoms with Crippen molar-refractivity contribution < 1.29 is 13.2 Å². The van der Waals surface area contributed by atoms with E-state index in [2.05, 4.69) is 15.3 Å². The third kappa shape index (κ3) is 3.86. The molecule has 0 bridgehead atoms. The lowest BCUT2D eigenvalue weighted by Crippen LogP contribution is -2.08. The minimum absolute atomic E-state index is 0.220. The Bertz CT molecular complexity index is 596. The van der Waals surface area contributed by atoms with Crippen molar-refractivity contribution in [2.24, 2.45) is 0 Å². The van der Waals surface area contributed by atoms with Crippen molar-refractivity contribution >= 4 is 28.9 Å². The van der Waals surface area contributed by atoms with Crippen molar-refractivity contribution in [3.63, 3.8) is 0 Å². The largest absolute Gasteiger partial charge is 0.416 e. The number of halogens is 3. The summed E-state index contributed by atoms with van der Waals surface area (Å²) < 4.78 is 39.2. The van der Waals surface area contributed by atoms with Crippen LogP contribution in [0.1, 0.15) is 18.2 Å². The van der Waals surface area contributed by atoms with E-state index in [1.807, 2.05) is 12.3 Å². The molecule has 0 fully saturated rings. The van der Waals surface area contributed by atoms with Crippen LogP contribution in [0.4, 0.5) is 19.0 Å². The SMILES string of the molecule is CCNc1cc(C(F)(F)F)cc(Sc2nc(C)cs2)n1. The molecule has 108 valence electrons. The number of nitrogens with one attached hydrogen (secondary N) is 1. The molecule has 8 heteroatoms. The van der Waals surface area contributed by atoms with Gasteiger partial charge in [-0.3, -0.25) is 0 Å². The molecule has 0 aliphatic rings. The van der Waals surface area contributed by atoms with Crippen LogP contribution < -0.4 is 5.32 Å². The number of alkyl halides is 3. The number of thiazole rings is 1. The number of hydrogen-bond donors (Lipinski definition) is 1. The molecule has 2 rings (SSSR count). The summed E-state index contributed by atoms with van der Waals surface area (Å²) in [6.07, 6.45) is -4.39. The Balaban J connectivity index is 2.33. The quantitative estimate of drug-likeness (QED) is 0.903. The van der Waals surface area contributed by atoms with E-state index >= 15 is 0 Å². The zero-order valence-corrected chi connectivity index (χ0v) is 12.4. The van der Waals surface area contributed by atoms with E-state index < -0.39 is 11.7 Å². The first-order valence-corrected chi connectivity index (χ1v) is 7.51. The molecule has 0 unspecified atom stereocenters. The summed E-state index contributed by atoms with van der Waals surface area (Å²) in [6, 6.07) is 2.06. The van der Waals surface area contributed by atoms with Gasteiger partial charge in [0.15, 0.2) is 4.34 Å². The van der Waals surface area contributed by atoms with Gasteiger partial charge in [0.1, 0.15) is 10.8 Å². The molecule has 2 aromatic rings. The Morgan fingerprint density at radius 2 is 2.05 bits per heavy atom. The van der Waals surface area contributed by atoms with Crippen LogP contribution in [0.2, 0.25) is 0 Å². The number of pyridine rings is 1. The highest BCUT2D eigenvalue weighted by molar-refractivity contribution is 8.01. The van der Waals surface area contributed by atoms with Crippen LogP contribution in [0.15, 0.2) is 26.9 Å². The number of hydrogen-bond acceptors (Lipinski definition) is 5. The smallest absolute Gasteiger partial charge is 0.370 e. The average Bonchev–Trinajstić information content (AvgIpc) is 2.74. The van der Waals surface area contributed by atoms with Gasteiger partial charge in [-0.2, -0.15) is 13.2 Å². The van der Waals surface area contributed by atoms with Crippen LogP contribution >= 0.6 is 23.1 Å². The second kappa shape index (κ2) is 6.01. The maximum atomic E-state index is 12.9. The first kappa shape index (κ1) is 15.1. The summed E-state index contributed by atoms with van der Waals surface area (Å²) in [5.41, 5.74) is 0.135. The second-order valence-corrected chi connectivity index (χ2v) is 6.09. The number of nitrogens with zero attached hydrogens (tertiary/aromatic N) is 2. The molecule has 20 heavy (non-hydrogen) atoms. The minimum atomic E-state index is -4.39. The Hall–Kier alpha value is -1.28. The molecule has 2 aromatic heterocycles. The van der Waals surface area contributed by atoms with Crippen LogP contribution in [0.3, 0.4) is 0 Å². The fourth-order valence-corrected chi connectivity index (χ4v) is 3.27. The van der Waals surface area contributed by atoms with Gasteiger partial charge in [-0.05, 0) is 37.7 Å². The number of aromatic nitrogens is 2. The van der Waals surface area contributed by atoms with Gasteiger partial charge in [-0.1, -0.05) is 0 Å². The summed E-state index contributed by atoms with van der Waals surface area (Å²) >= 11 is 2.52. The van der Waals surface area contributed by atoms with Crippen molar-refractivity contribution in [2.75, 3.05) is 11.9 Å². The highest BCUT2D eigenvalue weighted by Gasteiger charge is 2.31. The lowest BCUT2D eigenvalue weighted by atomic mass is 10.2. The van der Waals surface area contributed by atoms with Gasteiger partial charge in [0.05, 0.1) is 5.56 Å². The molecule has 0 aliphatic carbocycles. The van der Waals surface area contributed by atoms with E-state index in [0.717, 1.165) is 29.6 Å². The van der Waals surface area contributed by atoms with Gasteiger partial charge in [-0.25, -0.2) is 9.97 Å². The molecule has 0 radical (unpaired) electrons. The van der Waals surface area contributed by atoms with Gasteiger partial charge in [0, 0.05) is 17.6 Å². The van der Waals surface area contributed by atoms with Crippen LogP contribution in [-0.2, 0) is 6.18 Å². The Morgan fingerprint density at radius 3 is 2.60 bits per heavy atom. The second-order valence-electron chi connectivity index (χ2n) is 3.96. The van der Waals surface area contributed by atoms with E-state index in [9.17, 15) is 13.2 Å². The average molecular weight is 319 g/mol. The topological polar surface area (TPSA) is 37.8 Å². The number of anilines is 1. The van der Waals surface area contributed by atoms with Crippen molar-refractivity contribution in [1.82, 2.24) is 9.97 Å². The molecule has 1 N–H and O–H groups in total. The molecule has 0 atom stereocenters. The van der Waals surface area contributed by atoms with E-state index in [1.165, 1.54) is 11.3 Å². The van der Waals surface area contributed by atoms with E-state index in [1.54, 1.807) is 6.92 Å². The summed E-state index contributed by atoms with van der Waals surface area (Å²) in [5, 5.41) is 4.94. The summed E-state index contributed by atoms with van der Waals surface area (Å²) in [5.74, 6) is 0.220. The molecule has 0 aromatic carbocycles. The molecule has 0 amide bonds. The fraction of sp³-hybridized carbons (Fsp3) is 0.333. The molecular formula is C12H12F3N3S2. The molecular weight excluding hydrogens is 307 g/mol. The Labute approximate surface area is 122 Å². The number of rotatable bonds is 4. The monoisotopic (exact) mass is 319 g/mol. The van der Waals surface area contributed by atoms with Gasteiger partial charge >= 0.3 is 6.18 Å². The third-order valence-corrected chi connectivity index (χ3v) is 4.25. The minimum Gasteiger partial charge on any atom is -0.370 e. The van der Waals surface area contributed by atoms with Gasteiger partial charge < -0.3 is 5.32 Å². The fourth-order valence-electron chi connectivity index (χ4n) is 1.46. The molecule has 0 aliphatic heterocycles. The predicted molar refractivity (Wildman–Crippen MR) is 74.4 cm³/mol. The van der Waals surface area contributed by atoms with Crippen LogP contribution in [0.25, 0.3) is 0 Å². The van der Waals surface area contributed by atoms with Crippen molar-refractivity contribution in [1.29, 1.82) is 0 Å². The maximum Gasteiger partial charge on any atom is 0.416 e. The number of aryl methyl sites for hydroxylation is 1. The van der Waals surface area contributed by atoms with E-state index in [4.69, 9.17) is 0 Å². The lowest BCUT2D eigenvalue weighted by Gasteiger charge is -2.11. The van der Waals surface area contributed by atoms with Gasteiger partial charge in [-0.15, -0.1) is 11.3 Å². The predicted octanol–water partition coefficient (Wildman–Crippen LogP) is 4.45. The van der Waals surface area contributed by atoms with Crippen LogP contribution in [0.5, 0.6) is 0 Å². The Morgan fingerprint density at radius 1 is 1.30 bits per heavy atom. The molecule has 0 saturated heterocycles. The van der Waals surface area contributed by atoms with E-state index in [0.29, 0.717) is 10.9 Å².